The number of anilines is 1. The van der Waals surface area contributed by atoms with Crippen LogP contribution in [0.5, 0.6) is 0 Å². The van der Waals surface area contributed by atoms with Crippen LogP contribution in [0, 0.1) is 16.0 Å². The molecule has 0 bridgehead atoms. The lowest BCUT2D eigenvalue weighted by molar-refractivity contribution is -0.384. The Balaban J connectivity index is 1.62. The molecule has 0 spiro atoms. The van der Waals surface area contributed by atoms with Crippen LogP contribution in [-0.4, -0.2) is 30.6 Å². The summed E-state index contributed by atoms with van der Waals surface area (Å²) in [5.74, 6) is 0.899. The molecular weight excluding hydrogens is 334 g/mol. The highest BCUT2D eigenvalue weighted by Crippen LogP contribution is 2.33. The van der Waals surface area contributed by atoms with Gasteiger partial charge in [-0.05, 0) is 50.3 Å². The first-order valence-corrected chi connectivity index (χ1v) is 8.35. The lowest BCUT2D eigenvalue weighted by Crippen LogP contribution is -2.43. The second-order valence-corrected chi connectivity index (χ2v) is 6.92. The van der Waals surface area contributed by atoms with Crippen molar-refractivity contribution < 1.29 is 4.92 Å². The summed E-state index contributed by atoms with van der Waals surface area (Å²) in [6, 6.07) is 5.88. The van der Waals surface area contributed by atoms with Crippen LogP contribution in [0.1, 0.15) is 25.7 Å². The molecule has 1 N–H and O–H groups in total. The SMILES string of the molecule is O=[N+]([O-])c1cc(Br)ccc1N1CCC(NCC2CC2)CC1. The van der Waals surface area contributed by atoms with Crippen molar-refractivity contribution in [2.45, 2.75) is 31.7 Å². The van der Waals surface area contributed by atoms with Gasteiger partial charge in [-0.1, -0.05) is 15.9 Å². The first-order valence-electron chi connectivity index (χ1n) is 7.56. The molecule has 2 fully saturated rings. The number of benzene rings is 1. The van der Waals surface area contributed by atoms with E-state index in [1.165, 1.54) is 12.8 Å². The minimum Gasteiger partial charge on any atom is -0.366 e. The van der Waals surface area contributed by atoms with Crippen LogP contribution in [-0.2, 0) is 0 Å². The zero-order valence-corrected chi connectivity index (χ0v) is 13.5. The highest BCUT2D eigenvalue weighted by atomic mass is 79.9. The van der Waals surface area contributed by atoms with Crippen molar-refractivity contribution in [2.24, 2.45) is 5.92 Å². The zero-order valence-electron chi connectivity index (χ0n) is 11.9. The number of piperidine rings is 1. The van der Waals surface area contributed by atoms with Crippen molar-refractivity contribution in [2.75, 3.05) is 24.5 Å². The molecule has 5 nitrogen and oxygen atoms in total. The predicted molar refractivity (Wildman–Crippen MR) is 86.8 cm³/mol. The fourth-order valence-corrected chi connectivity index (χ4v) is 3.24. The van der Waals surface area contributed by atoms with Crippen molar-refractivity contribution in [1.82, 2.24) is 5.32 Å². The second kappa shape index (κ2) is 6.32. The quantitative estimate of drug-likeness (QED) is 0.651. The lowest BCUT2D eigenvalue weighted by atomic mass is 10.0. The maximum Gasteiger partial charge on any atom is 0.293 e. The third-order valence-corrected chi connectivity index (χ3v) is 4.86. The Morgan fingerprint density at radius 2 is 2.00 bits per heavy atom. The van der Waals surface area contributed by atoms with Gasteiger partial charge in [0.25, 0.3) is 5.69 Å². The number of nitro groups is 1. The van der Waals surface area contributed by atoms with E-state index in [4.69, 9.17) is 0 Å². The molecule has 0 amide bonds. The average Bonchev–Trinajstić information content (AvgIpc) is 3.30. The van der Waals surface area contributed by atoms with E-state index < -0.39 is 0 Å². The molecule has 1 saturated heterocycles. The molecule has 21 heavy (non-hydrogen) atoms. The largest absolute Gasteiger partial charge is 0.366 e. The Hall–Kier alpha value is -1.14. The summed E-state index contributed by atoms with van der Waals surface area (Å²) in [5, 5.41) is 14.8. The number of nitrogens with zero attached hydrogens (tertiary/aromatic N) is 2. The molecule has 1 aromatic carbocycles. The van der Waals surface area contributed by atoms with Gasteiger partial charge in [-0.3, -0.25) is 10.1 Å². The van der Waals surface area contributed by atoms with Gasteiger partial charge in [-0.15, -0.1) is 0 Å². The van der Waals surface area contributed by atoms with Gasteiger partial charge in [0.15, 0.2) is 0 Å². The first-order chi connectivity index (χ1) is 10.1. The third kappa shape index (κ3) is 3.74. The highest BCUT2D eigenvalue weighted by molar-refractivity contribution is 9.10. The van der Waals surface area contributed by atoms with Crippen LogP contribution >= 0.6 is 15.9 Å². The normalized spacial score (nSPS) is 19.8. The first kappa shape index (κ1) is 14.8. The molecule has 1 saturated carbocycles. The molecule has 0 radical (unpaired) electrons. The van der Waals surface area contributed by atoms with Gasteiger partial charge in [-0.25, -0.2) is 0 Å². The van der Waals surface area contributed by atoms with E-state index in [1.54, 1.807) is 6.07 Å². The average molecular weight is 354 g/mol. The van der Waals surface area contributed by atoms with Crippen LogP contribution in [0.2, 0.25) is 0 Å². The van der Waals surface area contributed by atoms with Crippen LogP contribution < -0.4 is 10.2 Å². The molecule has 1 aliphatic carbocycles. The van der Waals surface area contributed by atoms with E-state index >= 15 is 0 Å². The van der Waals surface area contributed by atoms with Crippen LogP contribution in [0.3, 0.4) is 0 Å². The number of nitro benzene ring substituents is 1. The number of hydrogen-bond acceptors (Lipinski definition) is 4. The summed E-state index contributed by atoms with van der Waals surface area (Å²) in [5.41, 5.74) is 0.928. The van der Waals surface area contributed by atoms with Crippen molar-refractivity contribution in [1.29, 1.82) is 0 Å². The Morgan fingerprint density at radius 1 is 1.29 bits per heavy atom. The number of hydrogen-bond donors (Lipinski definition) is 1. The molecule has 0 unspecified atom stereocenters. The Morgan fingerprint density at radius 3 is 2.62 bits per heavy atom. The van der Waals surface area contributed by atoms with Gasteiger partial charge in [0.1, 0.15) is 5.69 Å². The maximum absolute atomic E-state index is 11.2. The molecule has 1 aromatic rings. The van der Waals surface area contributed by atoms with E-state index in [-0.39, 0.29) is 10.6 Å². The summed E-state index contributed by atoms with van der Waals surface area (Å²) in [6.07, 6.45) is 4.85. The summed E-state index contributed by atoms with van der Waals surface area (Å²) in [4.78, 5) is 13.1. The van der Waals surface area contributed by atoms with Gasteiger partial charge in [0.05, 0.1) is 4.92 Å². The van der Waals surface area contributed by atoms with Gasteiger partial charge >= 0.3 is 0 Å². The van der Waals surface area contributed by atoms with Gasteiger partial charge in [-0.2, -0.15) is 0 Å². The molecular formula is C15H20BrN3O2. The highest BCUT2D eigenvalue weighted by Gasteiger charge is 2.26. The van der Waals surface area contributed by atoms with E-state index in [2.05, 4.69) is 26.1 Å². The van der Waals surface area contributed by atoms with E-state index in [1.807, 2.05) is 12.1 Å². The Kier molecular flexibility index (Phi) is 4.45. The second-order valence-electron chi connectivity index (χ2n) is 6.00. The van der Waals surface area contributed by atoms with Crippen molar-refractivity contribution in [3.63, 3.8) is 0 Å². The van der Waals surface area contributed by atoms with Crippen molar-refractivity contribution in [3.8, 4) is 0 Å². The number of halogens is 1. The monoisotopic (exact) mass is 353 g/mol. The van der Waals surface area contributed by atoms with E-state index in [0.717, 1.165) is 48.6 Å². The molecule has 6 heteroatoms. The lowest BCUT2D eigenvalue weighted by Gasteiger charge is -2.33. The van der Waals surface area contributed by atoms with E-state index in [9.17, 15) is 10.1 Å². The smallest absolute Gasteiger partial charge is 0.293 e. The predicted octanol–water partition coefficient (Wildman–Crippen LogP) is 3.33. The summed E-state index contributed by atoms with van der Waals surface area (Å²) in [6.45, 7) is 2.90. The van der Waals surface area contributed by atoms with Crippen LogP contribution in [0.4, 0.5) is 11.4 Å². The summed E-state index contributed by atoms with van der Waals surface area (Å²) >= 11 is 3.31. The molecule has 1 aliphatic heterocycles. The van der Waals surface area contributed by atoms with Gasteiger partial charge in [0.2, 0.25) is 0 Å². The third-order valence-electron chi connectivity index (χ3n) is 4.36. The number of nitrogens with one attached hydrogen (secondary N) is 1. The molecule has 2 aliphatic rings. The van der Waals surface area contributed by atoms with Gasteiger partial charge in [0, 0.05) is 29.7 Å². The minimum atomic E-state index is -0.294. The molecule has 0 aromatic heterocycles. The van der Waals surface area contributed by atoms with Gasteiger partial charge < -0.3 is 10.2 Å². The standard InChI is InChI=1S/C15H20BrN3O2/c16-12-3-4-14(15(9-12)19(20)21)18-7-5-13(6-8-18)17-10-11-1-2-11/h3-4,9,11,13,17H,1-2,5-8,10H2. The Labute approximate surface area is 133 Å². The van der Waals surface area contributed by atoms with E-state index in [0.29, 0.717) is 6.04 Å². The topological polar surface area (TPSA) is 58.4 Å². The minimum absolute atomic E-state index is 0.189. The van der Waals surface area contributed by atoms with Crippen molar-refractivity contribution >= 4 is 27.3 Å². The fraction of sp³-hybridized carbons (Fsp3) is 0.600. The van der Waals surface area contributed by atoms with Crippen LogP contribution in [0.25, 0.3) is 0 Å². The molecule has 0 atom stereocenters. The number of rotatable bonds is 5. The fourth-order valence-electron chi connectivity index (χ4n) is 2.89. The molecule has 1 heterocycles. The molecule has 114 valence electrons. The van der Waals surface area contributed by atoms with Crippen molar-refractivity contribution in [3.05, 3.63) is 32.8 Å². The maximum atomic E-state index is 11.2. The Bertz CT molecular complexity index is 526. The summed E-state index contributed by atoms with van der Waals surface area (Å²) < 4.78 is 0.749. The molecule has 3 rings (SSSR count). The zero-order chi connectivity index (χ0) is 14.8. The van der Waals surface area contributed by atoms with Crippen LogP contribution in [0.15, 0.2) is 22.7 Å². The summed E-state index contributed by atoms with van der Waals surface area (Å²) in [7, 11) is 0.